The van der Waals surface area contributed by atoms with E-state index >= 15 is 0 Å². The van der Waals surface area contributed by atoms with E-state index in [1.54, 1.807) is 0 Å². The van der Waals surface area contributed by atoms with Crippen molar-refractivity contribution in [1.29, 1.82) is 0 Å². The molecule has 5 heteroatoms. The van der Waals surface area contributed by atoms with Crippen molar-refractivity contribution < 1.29 is 68.7 Å². The number of rotatable bonds is 0. The Balaban J connectivity index is 0. The number of halogens is 1. The summed E-state index contributed by atoms with van der Waals surface area (Å²) < 4.78 is 24.5. The molecule has 0 amide bonds. The quantitative estimate of drug-likeness (QED) is 0.446. The standard InChI is InChI=1S/Er.HIO3/c;2-1(3)4/h;2H. The van der Waals surface area contributed by atoms with E-state index in [0.29, 0.717) is 0 Å². The third kappa shape index (κ3) is 25.3. The van der Waals surface area contributed by atoms with Gasteiger partial charge in [-0.3, -0.25) is 0 Å². The molecule has 0 spiro atoms. The Hall–Kier alpha value is 1.86. The number of hydrogen-bond donors (Lipinski definition) is 1. The largest absolute Gasteiger partial charge is 0.503 e. The Morgan fingerprint density at radius 3 is 1.40 bits per heavy atom. The Morgan fingerprint density at radius 1 is 1.40 bits per heavy atom. The van der Waals surface area contributed by atoms with E-state index in [1.165, 1.54) is 0 Å². The molecule has 0 heterocycles. The molecule has 0 atom stereocenters. The van der Waals surface area contributed by atoms with Gasteiger partial charge >= 0.3 is 21.1 Å². The van der Waals surface area contributed by atoms with E-state index in [2.05, 4.69) is 0 Å². The zero-order valence-electron chi connectivity index (χ0n) is 1.93. The molecule has 0 aliphatic rings. The summed E-state index contributed by atoms with van der Waals surface area (Å²) in [6, 6.07) is 0. The molecule has 0 saturated carbocycles. The Morgan fingerprint density at radius 2 is 1.40 bits per heavy atom. The van der Waals surface area contributed by atoms with Crippen LogP contribution >= 0.6 is 0 Å². The van der Waals surface area contributed by atoms with E-state index in [9.17, 15) is 0 Å². The molecule has 0 aromatic heterocycles. The van der Waals surface area contributed by atoms with Gasteiger partial charge in [-0.2, -0.15) is 0 Å². The van der Waals surface area contributed by atoms with Crippen molar-refractivity contribution in [2.75, 3.05) is 0 Å². The van der Waals surface area contributed by atoms with E-state index in [-0.39, 0.29) is 37.3 Å². The molecule has 1 N–H and O–H groups in total. The van der Waals surface area contributed by atoms with Crippen LogP contribution in [-0.4, -0.2) is 3.44 Å². The van der Waals surface area contributed by atoms with Crippen LogP contribution in [0.4, 0.5) is 0 Å². The van der Waals surface area contributed by atoms with E-state index < -0.39 is 21.1 Å². The van der Waals surface area contributed by atoms with Gasteiger partial charge in [0.2, 0.25) is 0 Å². The van der Waals surface area contributed by atoms with Crippen LogP contribution in [0.1, 0.15) is 0 Å². The fourth-order valence-corrected chi connectivity index (χ4v) is 0. The molecule has 0 aromatic rings. The first-order valence-corrected chi connectivity index (χ1v) is 3.20. The van der Waals surface area contributed by atoms with Gasteiger partial charge in [0.1, 0.15) is 0 Å². The van der Waals surface area contributed by atoms with Crippen molar-refractivity contribution in [3.05, 3.63) is 0 Å². The molecule has 0 unspecified atom stereocenters. The third-order valence-electron chi connectivity index (χ3n) is 0. The summed E-state index contributed by atoms with van der Waals surface area (Å²) in [4.78, 5) is 0. The maximum absolute atomic E-state index is 8.68. The summed E-state index contributed by atoms with van der Waals surface area (Å²) in [6.45, 7) is 0. The first-order chi connectivity index (χ1) is 1.73. The molecule has 0 radical (unpaired) electrons. The Labute approximate surface area is 67.6 Å². The first kappa shape index (κ1) is 9.97. The molecule has 0 saturated heterocycles. The van der Waals surface area contributed by atoms with Gasteiger partial charge in [-0.1, -0.05) is 0 Å². The van der Waals surface area contributed by atoms with Crippen molar-refractivity contribution in [1.82, 2.24) is 0 Å². The van der Waals surface area contributed by atoms with Crippen molar-refractivity contribution >= 4 is 0 Å². The Bertz CT molecular complexity index is 11.6. The minimum atomic E-state index is -3.76. The van der Waals surface area contributed by atoms with Gasteiger partial charge in [0, 0.05) is 37.3 Å². The molecule has 0 aliphatic heterocycles. The first-order valence-electron chi connectivity index (χ1n) is 0.478. The van der Waals surface area contributed by atoms with Gasteiger partial charge in [-0.15, -0.1) is 0 Å². The van der Waals surface area contributed by atoms with E-state index in [1.807, 2.05) is 0 Å². The molecule has 5 heavy (non-hydrogen) atoms. The topological polar surface area (TPSA) is 66.3 Å². The molecule has 0 rings (SSSR count). The van der Waals surface area contributed by atoms with Crippen LogP contribution in [0.25, 0.3) is 0 Å². The van der Waals surface area contributed by atoms with Crippen molar-refractivity contribution in [3.63, 3.8) is 0 Å². The minimum absolute atomic E-state index is 0. The summed E-state index contributed by atoms with van der Waals surface area (Å²) >= 11 is -3.76. The zero-order chi connectivity index (χ0) is 3.58. The van der Waals surface area contributed by atoms with Crippen LogP contribution in [0.15, 0.2) is 0 Å². The van der Waals surface area contributed by atoms with Crippen molar-refractivity contribution in [3.8, 4) is 0 Å². The zero-order valence-corrected chi connectivity index (χ0v) is 5.94. The van der Waals surface area contributed by atoms with Gasteiger partial charge in [-0.05, 0) is 3.44 Å². The molecule has 0 aliphatic carbocycles. The maximum atomic E-state index is 8.68. The molecule has 3 nitrogen and oxygen atoms in total. The van der Waals surface area contributed by atoms with Crippen molar-refractivity contribution in [2.24, 2.45) is 0 Å². The molecular weight excluding hydrogens is 342 g/mol. The van der Waals surface area contributed by atoms with Crippen LogP contribution in [0.5, 0.6) is 0 Å². The fraction of sp³-hybridized carbons (Fsp3) is 0. The molecule has 38 valence electrons. The van der Waals surface area contributed by atoms with Gasteiger partial charge in [0.15, 0.2) is 0 Å². The van der Waals surface area contributed by atoms with E-state index in [0.717, 1.165) is 0 Å². The maximum Gasteiger partial charge on any atom is 0.503 e. The van der Waals surface area contributed by atoms with Gasteiger partial charge < -0.3 is 6.87 Å². The predicted octanol–water partition coefficient (Wildman–Crippen LogP) is -5.93. The van der Waals surface area contributed by atoms with Crippen LogP contribution < -0.4 is 27.9 Å². The smallest absolute Gasteiger partial charge is 0.396 e. The van der Waals surface area contributed by atoms with Gasteiger partial charge in [0.25, 0.3) is 0 Å². The van der Waals surface area contributed by atoms with Crippen LogP contribution in [0, 0.1) is 37.3 Å². The average Bonchev–Trinajstić information content (AvgIpc) is 0.811. The van der Waals surface area contributed by atoms with Crippen LogP contribution in [-0.2, 0) is 0 Å². The monoisotopic (exact) mass is 342 g/mol. The average molecular weight is 343 g/mol. The summed E-state index contributed by atoms with van der Waals surface area (Å²) in [7, 11) is 0. The van der Waals surface area contributed by atoms with Crippen LogP contribution in [0.2, 0.25) is 0 Å². The normalized spacial score (nSPS) is 7.20. The van der Waals surface area contributed by atoms with Gasteiger partial charge in [0.05, 0.1) is 0 Å². The second-order valence-electron chi connectivity index (χ2n) is 0.201. The number of hydrogen-bond acceptors (Lipinski definition) is 3. The molecular formula is HErIO3. The fourth-order valence-electron chi connectivity index (χ4n) is 0. The molecule has 0 aromatic carbocycles. The summed E-state index contributed by atoms with van der Waals surface area (Å²) in [5, 5.41) is 0. The SMILES string of the molecule is [Er].[O-][I+2]([O-])O. The molecule has 0 bridgehead atoms. The second-order valence-corrected chi connectivity index (χ2v) is 1.35. The third-order valence-corrected chi connectivity index (χ3v) is 0. The van der Waals surface area contributed by atoms with Crippen LogP contribution in [0.3, 0.4) is 0 Å². The van der Waals surface area contributed by atoms with E-state index in [4.69, 9.17) is 10.3 Å². The second kappa shape index (κ2) is 5.86. The molecule has 0 fully saturated rings. The summed E-state index contributed by atoms with van der Waals surface area (Å²) in [5.41, 5.74) is 0. The predicted molar refractivity (Wildman–Crippen MR) is 2.22 cm³/mol. The summed E-state index contributed by atoms with van der Waals surface area (Å²) in [6.07, 6.45) is 0. The summed E-state index contributed by atoms with van der Waals surface area (Å²) in [5.74, 6) is 0. The van der Waals surface area contributed by atoms with Gasteiger partial charge in [-0.25, -0.2) is 0 Å². The Kier molecular flexibility index (Phi) is 11.7. The minimum Gasteiger partial charge on any atom is -0.396 e. The van der Waals surface area contributed by atoms with Crippen molar-refractivity contribution in [2.45, 2.75) is 0 Å².